The average Bonchev–Trinajstić information content (AvgIpc) is 3.29. The summed E-state index contributed by atoms with van der Waals surface area (Å²) in [6.07, 6.45) is 0. The molecule has 0 aliphatic carbocycles. The average molecular weight is 437 g/mol. The molecule has 2 aromatic carbocycles. The largest absolute Gasteiger partial charge is 0.398 e. The molecule has 0 aliphatic heterocycles. The lowest BCUT2D eigenvalue weighted by atomic mass is 9.98. The van der Waals surface area contributed by atoms with Crippen LogP contribution in [0.1, 0.15) is 29.3 Å². The van der Waals surface area contributed by atoms with Gasteiger partial charge < -0.3 is 15.0 Å². The Bertz CT molecular complexity index is 1110. The molecule has 3 aromatic rings. The van der Waals surface area contributed by atoms with Crippen molar-refractivity contribution in [2.45, 2.75) is 20.5 Å². The number of nitrogens with zero attached hydrogens (tertiary/aromatic N) is 3. The number of carbonyl (C=O) groups excluding carboxylic acids is 1. The van der Waals surface area contributed by atoms with Crippen molar-refractivity contribution in [3.63, 3.8) is 0 Å². The van der Waals surface area contributed by atoms with E-state index in [1.54, 1.807) is 7.05 Å². The molecular weight excluding hydrogens is 412 g/mol. The molecule has 0 atom stereocenters. The van der Waals surface area contributed by atoms with Gasteiger partial charge in [0.1, 0.15) is 25.1 Å². The smallest absolute Gasteiger partial charge is 0.273 e. The first-order valence-corrected chi connectivity index (χ1v) is 10.4. The first kappa shape index (κ1) is 22.2. The number of likely N-dealkylation sites (N-methyl/N-ethyl adjacent to an activating group) is 1. The molecule has 0 spiro atoms. The van der Waals surface area contributed by atoms with Crippen molar-refractivity contribution in [2.24, 2.45) is 10.3 Å². The Labute approximate surface area is 185 Å². The van der Waals surface area contributed by atoms with E-state index in [9.17, 15) is 4.79 Å². The van der Waals surface area contributed by atoms with Crippen LogP contribution in [0.4, 0.5) is 0 Å². The zero-order valence-corrected chi connectivity index (χ0v) is 18.7. The van der Waals surface area contributed by atoms with Gasteiger partial charge in [0.15, 0.2) is 5.71 Å². The van der Waals surface area contributed by atoms with Gasteiger partial charge in [0.25, 0.3) is 5.91 Å². The number of rotatable bonds is 8. The Balaban J connectivity index is 1.79. The second-order valence-electron chi connectivity index (χ2n) is 6.70. The fourth-order valence-electron chi connectivity index (χ4n) is 2.96. The Kier molecular flexibility index (Phi) is 7.50. The second-order valence-corrected chi connectivity index (χ2v) is 7.50. The van der Waals surface area contributed by atoms with Crippen LogP contribution in [-0.4, -0.2) is 35.9 Å². The number of oxime groups is 2. The number of carbonyl (C=O) groups is 1. The van der Waals surface area contributed by atoms with E-state index in [0.717, 1.165) is 27.3 Å². The summed E-state index contributed by atoms with van der Waals surface area (Å²) in [4.78, 5) is 23.8. The maximum atomic E-state index is 12.3. The normalized spacial score (nSPS) is 11.9. The van der Waals surface area contributed by atoms with E-state index in [2.05, 4.69) is 20.0 Å². The molecule has 7 nitrogen and oxygen atoms in total. The van der Waals surface area contributed by atoms with E-state index < -0.39 is 0 Å². The Morgan fingerprint density at radius 2 is 1.90 bits per heavy atom. The molecule has 1 heterocycles. The molecule has 0 saturated carbocycles. The van der Waals surface area contributed by atoms with Gasteiger partial charge >= 0.3 is 0 Å². The number of hydrogen-bond acceptors (Lipinski definition) is 7. The van der Waals surface area contributed by atoms with Gasteiger partial charge in [-0.25, -0.2) is 0 Å². The molecule has 3 rings (SSSR count). The minimum Gasteiger partial charge on any atom is -0.398 e. The van der Waals surface area contributed by atoms with Gasteiger partial charge in [-0.15, -0.1) is 0 Å². The number of hydrogen-bond donors (Lipinski definition) is 1. The number of amides is 1. The number of nitrogens with one attached hydrogen (secondary N) is 1. The van der Waals surface area contributed by atoms with Crippen LogP contribution in [-0.2, 0) is 21.1 Å². The van der Waals surface area contributed by atoms with Gasteiger partial charge in [-0.3, -0.25) is 4.79 Å². The Morgan fingerprint density at radius 3 is 2.61 bits per heavy atom. The van der Waals surface area contributed by atoms with Crippen LogP contribution in [0.25, 0.3) is 10.4 Å². The molecule has 0 unspecified atom stereocenters. The summed E-state index contributed by atoms with van der Waals surface area (Å²) >= 11 is 1.42. The number of benzene rings is 2. The lowest BCUT2D eigenvalue weighted by molar-refractivity contribution is -0.114. The van der Waals surface area contributed by atoms with Gasteiger partial charge in [0.05, 0.1) is 4.88 Å². The minimum atomic E-state index is -0.343. The van der Waals surface area contributed by atoms with Crippen molar-refractivity contribution >= 4 is 28.9 Å². The quantitative estimate of drug-likeness (QED) is 0.424. The zero-order valence-electron chi connectivity index (χ0n) is 17.9. The molecule has 1 N–H and O–H groups in total. The maximum absolute atomic E-state index is 12.3. The van der Waals surface area contributed by atoms with E-state index in [0.29, 0.717) is 11.3 Å². The summed E-state index contributed by atoms with van der Waals surface area (Å²) in [7, 11) is 2.95. The van der Waals surface area contributed by atoms with Crippen LogP contribution < -0.4 is 5.32 Å². The van der Waals surface area contributed by atoms with Crippen LogP contribution in [0.15, 0.2) is 64.9 Å². The van der Waals surface area contributed by atoms with E-state index in [1.807, 2.05) is 68.4 Å². The van der Waals surface area contributed by atoms with Crippen molar-refractivity contribution < 1.29 is 14.5 Å². The summed E-state index contributed by atoms with van der Waals surface area (Å²) in [5.41, 5.74) is 5.13. The molecular formula is C23H24N4O3S. The highest BCUT2D eigenvalue weighted by Gasteiger charge is 2.19. The molecule has 0 aliphatic rings. The zero-order chi connectivity index (χ0) is 22.2. The van der Waals surface area contributed by atoms with Crippen LogP contribution in [0.3, 0.4) is 0 Å². The van der Waals surface area contributed by atoms with E-state index in [4.69, 9.17) is 9.68 Å². The van der Waals surface area contributed by atoms with E-state index >= 15 is 0 Å². The molecule has 31 heavy (non-hydrogen) atoms. The molecule has 1 aromatic heterocycles. The second kappa shape index (κ2) is 10.5. The number of aryl methyl sites for hydroxylation is 1. The number of aromatic nitrogens is 1. The van der Waals surface area contributed by atoms with Crippen molar-refractivity contribution in [1.82, 2.24) is 9.69 Å². The third kappa shape index (κ3) is 5.35. The lowest BCUT2D eigenvalue weighted by Crippen LogP contribution is -2.29. The predicted molar refractivity (Wildman–Crippen MR) is 123 cm³/mol. The van der Waals surface area contributed by atoms with Gasteiger partial charge in [-0.05, 0) is 42.6 Å². The van der Waals surface area contributed by atoms with E-state index in [-0.39, 0.29) is 18.2 Å². The van der Waals surface area contributed by atoms with Crippen molar-refractivity contribution in [3.8, 4) is 10.4 Å². The van der Waals surface area contributed by atoms with Crippen LogP contribution in [0.5, 0.6) is 0 Å². The monoisotopic (exact) mass is 436 g/mol. The van der Waals surface area contributed by atoms with Crippen LogP contribution in [0.2, 0.25) is 0 Å². The first-order valence-electron chi connectivity index (χ1n) is 9.66. The molecule has 8 heteroatoms. The summed E-state index contributed by atoms with van der Waals surface area (Å²) in [6.45, 7) is 3.97. The lowest BCUT2D eigenvalue weighted by Gasteiger charge is -2.12. The Hall–Kier alpha value is -3.52. The van der Waals surface area contributed by atoms with Gasteiger partial charge in [0.2, 0.25) is 0 Å². The Morgan fingerprint density at radius 1 is 1.13 bits per heavy atom. The standard InChI is InChI=1S/C23H24N4O3S/c1-15-9-8-12-18(22(26-29-4)23(28)24-3)19(15)14-30-25-16(2)20-13-21(31-27-20)17-10-6-5-7-11-17/h5-13H,14H2,1-4H3,(H,24,28)/b25-16+,26-22+. The fourth-order valence-corrected chi connectivity index (χ4v) is 3.75. The molecule has 160 valence electrons. The predicted octanol–water partition coefficient (Wildman–Crippen LogP) is 4.16. The van der Waals surface area contributed by atoms with Crippen molar-refractivity contribution in [2.75, 3.05) is 14.2 Å². The molecule has 0 bridgehead atoms. The highest BCUT2D eigenvalue weighted by molar-refractivity contribution is 7.09. The fraction of sp³-hybridized carbons (Fsp3) is 0.217. The summed E-state index contributed by atoms with van der Waals surface area (Å²) in [5.74, 6) is -0.343. The highest BCUT2D eigenvalue weighted by Crippen LogP contribution is 2.25. The van der Waals surface area contributed by atoms with Gasteiger partial charge in [-0.1, -0.05) is 58.8 Å². The molecule has 0 radical (unpaired) electrons. The van der Waals surface area contributed by atoms with Crippen molar-refractivity contribution in [1.29, 1.82) is 0 Å². The van der Waals surface area contributed by atoms with Crippen LogP contribution >= 0.6 is 11.5 Å². The topological polar surface area (TPSA) is 85.2 Å². The summed E-state index contributed by atoms with van der Waals surface area (Å²) in [5, 5.41) is 10.7. The highest BCUT2D eigenvalue weighted by atomic mass is 32.1. The van der Waals surface area contributed by atoms with Gasteiger partial charge in [-0.2, -0.15) is 4.37 Å². The first-order chi connectivity index (χ1) is 15.0. The SMILES string of the molecule is CNC(=O)/C(=N/OC)c1cccc(C)c1CO/N=C(\C)c1cc(-c2ccccc2)sn1. The third-order valence-corrected chi connectivity index (χ3v) is 5.48. The summed E-state index contributed by atoms with van der Waals surface area (Å²) < 4.78 is 4.48. The minimum absolute atomic E-state index is 0.175. The maximum Gasteiger partial charge on any atom is 0.273 e. The molecule has 0 saturated heterocycles. The van der Waals surface area contributed by atoms with Gasteiger partial charge in [0, 0.05) is 18.2 Å². The van der Waals surface area contributed by atoms with E-state index in [1.165, 1.54) is 18.6 Å². The van der Waals surface area contributed by atoms with Crippen LogP contribution in [0, 0.1) is 6.92 Å². The molecule has 1 amide bonds. The van der Waals surface area contributed by atoms with Crippen molar-refractivity contribution in [3.05, 3.63) is 77.0 Å². The summed E-state index contributed by atoms with van der Waals surface area (Å²) in [6, 6.07) is 17.7. The molecule has 0 fully saturated rings. The third-order valence-electron chi connectivity index (χ3n) is 4.64.